The van der Waals surface area contributed by atoms with Crippen LogP contribution in [0.4, 0.5) is 0 Å². The van der Waals surface area contributed by atoms with Crippen LogP contribution in [0.2, 0.25) is 13.3 Å². The van der Waals surface area contributed by atoms with Crippen LogP contribution in [-0.2, 0) is 13.6 Å². The largest absolute Gasteiger partial charge is 1.00 e. The Hall–Kier alpha value is 1.03. The molecule has 5 heteroatoms. The number of nitrogens with zero attached hydrogens (tertiary/aromatic N) is 2. The molecule has 1 aromatic rings. The number of hydrogen-bond acceptors (Lipinski definition) is 0. The summed E-state index contributed by atoms with van der Waals surface area (Å²) < 4.78 is 8.62. The number of aryl methyl sites for hydroxylation is 2. The van der Waals surface area contributed by atoms with Gasteiger partial charge in [-0.3, -0.25) is 0 Å². The third-order valence-corrected chi connectivity index (χ3v) is 19.1. The van der Waals surface area contributed by atoms with Crippen LogP contribution < -0.4 is 28.5 Å². The molecule has 0 spiro atoms. The van der Waals surface area contributed by atoms with Crippen LogP contribution in [0.25, 0.3) is 0 Å². The second-order valence-electron chi connectivity index (χ2n) is 6.84. The van der Waals surface area contributed by atoms with E-state index in [9.17, 15) is 0 Å². The van der Waals surface area contributed by atoms with E-state index in [0.29, 0.717) is 0 Å². The molecule has 0 amide bonds. The number of rotatable bonds is 13. The van der Waals surface area contributed by atoms with Crippen molar-refractivity contribution in [2.75, 3.05) is 0 Å². The molecule has 0 atom stereocenters. The summed E-state index contributed by atoms with van der Waals surface area (Å²) in [5.41, 5.74) is 0. The van der Waals surface area contributed by atoms with Crippen LogP contribution in [0.5, 0.6) is 0 Å². The van der Waals surface area contributed by atoms with Gasteiger partial charge in [-0.1, -0.05) is 0 Å². The fourth-order valence-electron chi connectivity index (χ4n) is 3.09. The molecule has 1 rings (SSSR count). The Labute approximate surface area is 169 Å². The molecule has 0 aliphatic carbocycles. The predicted molar refractivity (Wildman–Crippen MR) is 99.9 cm³/mol. The van der Waals surface area contributed by atoms with Crippen LogP contribution in [0.3, 0.4) is 0 Å². The van der Waals surface area contributed by atoms with Crippen LogP contribution in [-0.4, -0.2) is 21.8 Å². The molecule has 0 fully saturated rings. The van der Waals surface area contributed by atoms with Gasteiger partial charge in [0.2, 0.25) is 0 Å². The SMILES string of the molecule is CCC[CH2][Sn]([Cl])([CH2]CCC)[CH2]CCCCCn1cc[n+](C)c1.[I-]. The number of halogens is 2. The van der Waals surface area contributed by atoms with Crippen molar-refractivity contribution in [2.24, 2.45) is 7.05 Å². The Bertz CT molecular complexity index is 390. The van der Waals surface area contributed by atoms with Gasteiger partial charge < -0.3 is 24.0 Å². The third-order valence-electron chi connectivity index (χ3n) is 4.57. The van der Waals surface area contributed by atoms with Gasteiger partial charge in [0.25, 0.3) is 0 Å². The van der Waals surface area contributed by atoms with Gasteiger partial charge in [0, 0.05) is 0 Å². The third kappa shape index (κ3) is 11.3. The zero-order valence-corrected chi connectivity index (χ0v) is 21.1. The van der Waals surface area contributed by atoms with Crippen molar-refractivity contribution in [3.63, 3.8) is 0 Å². The molecule has 0 bridgehead atoms. The molecule has 1 heterocycles. The molecule has 0 aliphatic rings. The Kier molecular flexibility index (Phi) is 14.9. The molecular formula is C18H36ClIN2Sn. The summed E-state index contributed by atoms with van der Waals surface area (Å²) in [6, 6.07) is 0. The van der Waals surface area contributed by atoms with E-state index in [2.05, 4.69) is 48.8 Å². The molecule has 0 unspecified atom stereocenters. The first-order valence-electron chi connectivity index (χ1n) is 9.29. The summed E-state index contributed by atoms with van der Waals surface area (Å²) >= 11 is -2.23. The Morgan fingerprint density at radius 1 is 0.913 bits per heavy atom. The maximum absolute atomic E-state index is 7.11. The molecule has 0 N–H and O–H groups in total. The predicted octanol–water partition coefficient (Wildman–Crippen LogP) is 2.66. The normalized spacial score (nSPS) is 11.5. The molecule has 0 saturated carbocycles. The maximum atomic E-state index is 7.11. The van der Waals surface area contributed by atoms with Crippen molar-refractivity contribution < 1.29 is 28.5 Å². The van der Waals surface area contributed by atoms with Crippen LogP contribution in [0.1, 0.15) is 65.2 Å². The zero-order valence-electron chi connectivity index (χ0n) is 15.4. The van der Waals surface area contributed by atoms with Gasteiger partial charge in [-0.05, 0) is 0 Å². The van der Waals surface area contributed by atoms with E-state index in [4.69, 9.17) is 8.92 Å². The minimum atomic E-state index is -2.23. The van der Waals surface area contributed by atoms with Crippen LogP contribution >= 0.6 is 8.92 Å². The first kappa shape index (κ1) is 24.0. The summed E-state index contributed by atoms with van der Waals surface area (Å²) in [6.45, 7) is 5.75. The first-order chi connectivity index (χ1) is 10.6. The second-order valence-corrected chi connectivity index (χ2v) is 23.1. The average molecular weight is 562 g/mol. The van der Waals surface area contributed by atoms with Crippen LogP contribution in [0.15, 0.2) is 18.7 Å². The van der Waals surface area contributed by atoms with Gasteiger partial charge in [0.15, 0.2) is 0 Å². The van der Waals surface area contributed by atoms with Crippen molar-refractivity contribution in [1.82, 2.24) is 4.57 Å². The van der Waals surface area contributed by atoms with Gasteiger partial charge >= 0.3 is 146 Å². The van der Waals surface area contributed by atoms with E-state index in [1.54, 1.807) is 0 Å². The van der Waals surface area contributed by atoms with Crippen molar-refractivity contribution in [1.29, 1.82) is 0 Å². The Morgan fingerprint density at radius 3 is 2.00 bits per heavy atom. The molecule has 2 nitrogen and oxygen atoms in total. The average Bonchev–Trinajstić information content (AvgIpc) is 2.92. The van der Waals surface area contributed by atoms with Crippen molar-refractivity contribution in [3.8, 4) is 0 Å². The summed E-state index contributed by atoms with van der Waals surface area (Å²) in [6.07, 6.45) is 17.2. The summed E-state index contributed by atoms with van der Waals surface area (Å²) in [4.78, 5) is 0. The van der Waals surface area contributed by atoms with Gasteiger partial charge in [0.05, 0.1) is 0 Å². The zero-order chi connectivity index (χ0) is 16.3. The molecule has 0 saturated heterocycles. The Balaban J connectivity index is 0.00000484. The van der Waals surface area contributed by atoms with Crippen molar-refractivity contribution >= 4 is 26.2 Å². The van der Waals surface area contributed by atoms with E-state index < -0.39 is 17.3 Å². The minimum Gasteiger partial charge on any atom is -1.00 e. The van der Waals surface area contributed by atoms with E-state index in [1.807, 2.05) is 0 Å². The van der Waals surface area contributed by atoms with Gasteiger partial charge in [0.1, 0.15) is 0 Å². The molecule has 1 aromatic heterocycles. The monoisotopic (exact) mass is 562 g/mol. The van der Waals surface area contributed by atoms with E-state index in [1.165, 1.54) is 64.7 Å². The van der Waals surface area contributed by atoms with Crippen molar-refractivity contribution in [3.05, 3.63) is 18.7 Å². The molecular weight excluding hydrogens is 525 g/mol. The van der Waals surface area contributed by atoms with Gasteiger partial charge in [-0.2, -0.15) is 0 Å². The topological polar surface area (TPSA) is 8.81 Å². The van der Waals surface area contributed by atoms with Gasteiger partial charge in [-0.25, -0.2) is 0 Å². The second kappa shape index (κ2) is 14.2. The molecule has 136 valence electrons. The smallest absolute Gasteiger partial charge is 1.00 e. The fraction of sp³-hybridized carbons (Fsp3) is 0.833. The Morgan fingerprint density at radius 2 is 1.48 bits per heavy atom. The first-order valence-corrected chi connectivity index (χ1v) is 19.0. The number of aromatic nitrogens is 2. The molecule has 0 aromatic carbocycles. The molecule has 0 radical (unpaired) electrons. The standard InChI is InChI=1S/C10H18N2.2C4H9.ClH.HI.Sn/c1-3-4-5-6-7-12-9-8-11(2)10-12;2*1-3-4-2;;;/h8-10H,1,3-7H2,2H3;2*1,3-4H2,2H3;2*1H;/q+1;;;;;+1/p-2. The van der Waals surface area contributed by atoms with Gasteiger partial charge in [-0.15, -0.1) is 0 Å². The summed E-state index contributed by atoms with van der Waals surface area (Å²) in [5.74, 6) is 0. The van der Waals surface area contributed by atoms with E-state index >= 15 is 0 Å². The quantitative estimate of drug-likeness (QED) is 0.152. The molecule has 0 aliphatic heterocycles. The van der Waals surface area contributed by atoms with E-state index in [0.717, 1.165) is 6.54 Å². The summed E-state index contributed by atoms with van der Waals surface area (Å²) in [7, 11) is 9.19. The number of hydrogen-bond donors (Lipinski definition) is 0. The molecule has 23 heavy (non-hydrogen) atoms. The van der Waals surface area contributed by atoms with Crippen molar-refractivity contribution in [2.45, 2.75) is 85.1 Å². The number of imidazole rings is 1. The van der Waals surface area contributed by atoms with Crippen LogP contribution in [0, 0.1) is 0 Å². The number of unbranched alkanes of at least 4 members (excludes halogenated alkanes) is 5. The fourth-order valence-corrected chi connectivity index (χ4v) is 16.1. The maximum Gasteiger partial charge on any atom is -1.00 e. The van der Waals surface area contributed by atoms with E-state index in [-0.39, 0.29) is 24.0 Å². The summed E-state index contributed by atoms with van der Waals surface area (Å²) in [5, 5.41) is 0. The minimum absolute atomic E-state index is 0.